The van der Waals surface area contributed by atoms with Crippen molar-refractivity contribution in [3.8, 4) is 11.5 Å². The second-order valence-electron chi connectivity index (χ2n) is 5.46. The number of carbonyl (C=O) groups excluding carboxylic acids is 1. The molecule has 0 bridgehead atoms. The molecule has 20 heavy (non-hydrogen) atoms. The molecule has 0 saturated carbocycles. The molecule has 1 amide bonds. The number of amides is 1. The fourth-order valence-electron chi connectivity index (χ4n) is 2.73. The number of rotatable bonds is 3. The molecule has 2 heterocycles. The first-order chi connectivity index (χ1) is 9.74. The molecule has 1 saturated heterocycles. The zero-order chi connectivity index (χ0) is 13.9. The summed E-state index contributed by atoms with van der Waals surface area (Å²) in [6.45, 7) is 4.15. The Hall–Kier alpha value is -1.75. The fourth-order valence-corrected chi connectivity index (χ4v) is 2.73. The number of carbonyl (C=O) groups is 1. The van der Waals surface area contributed by atoms with Crippen molar-refractivity contribution in [3.05, 3.63) is 23.8 Å². The van der Waals surface area contributed by atoms with Crippen molar-refractivity contribution in [2.24, 2.45) is 5.92 Å². The largest absolute Gasteiger partial charge is 0.454 e. The minimum absolute atomic E-state index is 0.0668. The standard InChI is InChI=1S/C15H20N2O3/c1-10-3-2-6-16-12(10)8-17-15(18)11-4-5-13-14(7-11)20-9-19-13/h4-5,7,10,12,16H,2-3,6,8-9H2,1H3,(H,17,18). The topological polar surface area (TPSA) is 59.6 Å². The highest BCUT2D eigenvalue weighted by atomic mass is 16.7. The van der Waals surface area contributed by atoms with Crippen molar-refractivity contribution in [2.45, 2.75) is 25.8 Å². The Bertz CT molecular complexity index is 504. The third-order valence-corrected chi connectivity index (χ3v) is 4.05. The number of hydrogen-bond acceptors (Lipinski definition) is 4. The number of ether oxygens (including phenoxy) is 2. The first kappa shape index (κ1) is 13.2. The van der Waals surface area contributed by atoms with Gasteiger partial charge in [0.25, 0.3) is 5.91 Å². The number of hydrogen-bond donors (Lipinski definition) is 2. The van der Waals surface area contributed by atoms with E-state index in [1.165, 1.54) is 12.8 Å². The Morgan fingerprint density at radius 1 is 1.40 bits per heavy atom. The smallest absolute Gasteiger partial charge is 0.251 e. The van der Waals surface area contributed by atoms with Crippen LogP contribution in [0, 0.1) is 5.92 Å². The van der Waals surface area contributed by atoms with Crippen LogP contribution >= 0.6 is 0 Å². The van der Waals surface area contributed by atoms with Crippen molar-refractivity contribution in [1.29, 1.82) is 0 Å². The predicted molar refractivity (Wildman–Crippen MR) is 75.1 cm³/mol. The molecule has 1 aromatic carbocycles. The molecule has 2 N–H and O–H groups in total. The van der Waals surface area contributed by atoms with Crippen molar-refractivity contribution in [2.75, 3.05) is 19.9 Å². The highest BCUT2D eigenvalue weighted by Crippen LogP contribution is 2.32. The number of benzene rings is 1. The molecule has 5 heteroatoms. The molecule has 0 radical (unpaired) electrons. The van der Waals surface area contributed by atoms with Crippen LogP contribution in [0.4, 0.5) is 0 Å². The van der Waals surface area contributed by atoms with E-state index >= 15 is 0 Å². The summed E-state index contributed by atoms with van der Waals surface area (Å²) in [5, 5.41) is 6.45. The van der Waals surface area contributed by atoms with E-state index in [1.54, 1.807) is 18.2 Å². The SMILES string of the molecule is CC1CCCNC1CNC(=O)c1ccc2c(c1)OCO2. The molecule has 2 unspecified atom stereocenters. The molecule has 0 aromatic heterocycles. The molecule has 0 spiro atoms. The lowest BCUT2D eigenvalue weighted by molar-refractivity contribution is 0.0943. The molecule has 2 aliphatic heterocycles. The van der Waals surface area contributed by atoms with Crippen LogP contribution in [0.5, 0.6) is 11.5 Å². The van der Waals surface area contributed by atoms with Gasteiger partial charge in [-0.15, -0.1) is 0 Å². The summed E-state index contributed by atoms with van der Waals surface area (Å²) >= 11 is 0. The Kier molecular flexibility index (Phi) is 3.78. The second kappa shape index (κ2) is 5.71. The number of nitrogens with one attached hydrogen (secondary N) is 2. The summed E-state index contributed by atoms with van der Waals surface area (Å²) in [5.74, 6) is 1.87. The summed E-state index contributed by atoms with van der Waals surface area (Å²) in [5.41, 5.74) is 0.609. The number of fused-ring (bicyclic) bond motifs is 1. The van der Waals surface area contributed by atoms with Gasteiger partial charge in [0.05, 0.1) is 0 Å². The Morgan fingerprint density at radius 3 is 3.10 bits per heavy atom. The lowest BCUT2D eigenvalue weighted by Gasteiger charge is -2.30. The van der Waals surface area contributed by atoms with E-state index in [9.17, 15) is 4.79 Å². The van der Waals surface area contributed by atoms with Crippen LogP contribution in [-0.4, -0.2) is 31.8 Å². The van der Waals surface area contributed by atoms with Crippen LogP contribution in [0.25, 0.3) is 0 Å². The van der Waals surface area contributed by atoms with Gasteiger partial charge in [0.1, 0.15) is 0 Å². The van der Waals surface area contributed by atoms with E-state index in [-0.39, 0.29) is 12.7 Å². The molecular weight excluding hydrogens is 256 g/mol. The molecule has 1 fully saturated rings. The van der Waals surface area contributed by atoms with Gasteiger partial charge in [-0.25, -0.2) is 0 Å². The van der Waals surface area contributed by atoms with E-state index in [2.05, 4.69) is 17.6 Å². The molecule has 0 aliphatic carbocycles. The van der Waals surface area contributed by atoms with Gasteiger partial charge in [-0.1, -0.05) is 6.92 Å². The molecule has 1 aromatic rings. The van der Waals surface area contributed by atoms with Crippen LogP contribution in [-0.2, 0) is 0 Å². The van der Waals surface area contributed by atoms with Gasteiger partial charge in [-0.05, 0) is 43.5 Å². The van der Waals surface area contributed by atoms with Gasteiger partial charge in [0, 0.05) is 18.2 Å². The van der Waals surface area contributed by atoms with E-state index in [0.29, 0.717) is 35.6 Å². The zero-order valence-corrected chi connectivity index (χ0v) is 11.6. The van der Waals surface area contributed by atoms with Gasteiger partial charge in [-0.3, -0.25) is 4.79 Å². The van der Waals surface area contributed by atoms with E-state index in [4.69, 9.17) is 9.47 Å². The third kappa shape index (κ3) is 2.72. The summed E-state index contributed by atoms with van der Waals surface area (Å²) in [7, 11) is 0. The Balaban J connectivity index is 1.59. The van der Waals surface area contributed by atoms with Crippen molar-refractivity contribution in [3.63, 3.8) is 0 Å². The molecule has 2 atom stereocenters. The minimum atomic E-state index is -0.0668. The molecular formula is C15H20N2O3. The molecule has 108 valence electrons. The van der Waals surface area contributed by atoms with Crippen molar-refractivity contribution >= 4 is 5.91 Å². The molecule has 5 nitrogen and oxygen atoms in total. The van der Waals surface area contributed by atoms with E-state index in [1.807, 2.05) is 0 Å². The zero-order valence-electron chi connectivity index (χ0n) is 11.6. The first-order valence-electron chi connectivity index (χ1n) is 7.15. The average molecular weight is 276 g/mol. The quantitative estimate of drug-likeness (QED) is 0.879. The second-order valence-corrected chi connectivity index (χ2v) is 5.46. The van der Waals surface area contributed by atoms with Gasteiger partial charge in [-0.2, -0.15) is 0 Å². The van der Waals surface area contributed by atoms with Gasteiger partial charge in [0.15, 0.2) is 11.5 Å². The maximum Gasteiger partial charge on any atom is 0.251 e. The average Bonchev–Trinajstić information content (AvgIpc) is 2.93. The van der Waals surface area contributed by atoms with Crippen molar-refractivity contribution < 1.29 is 14.3 Å². The molecule has 3 rings (SSSR count). The third-order valence-electron chi connectivity index (χ3n) is 4.05. The monoisotopic (exact) mass is 276 g/mol. The van der Waals surface area contributed by atoms with Crippen LogP contribution in [0.2, 0.25) is 0 Å². The van der Waals surface area contributed by atoms with Crippen LogP contribution in [0.3, 0.4) is 0 Å². The lowest BCUT2D eigenvalue weighted by atomic mass is 9.93. The highest BCUT2D eigenvalue weighted by molar-refractivity contribution is 5.94. The van der Waals surface area contributed by atoms with E-state index in [0.717, 1.165) is 6.54 Å². The summed E-state index contributed by atoms with van der Waals surface area (Å²) < 4.78 is 10.5. The lowest BCUT2D eigenvalue weighted by Crippen LogP contribution is -2.47. The van der Waals surface area contributed by atoms with Gasteiger partial charge < -0.3 is 20.1 Å². The first-order valence-corrected chi connectivity index (χ1v) is 7.15. The Morgan fingerprint density at radius 2 is 2.25 bits per heavy atom. The summed E-state index contributed by atoms with van der Waals surface area (Å²) in [6, 6.07) is 5.64. The normalized spacial score (nSPS) is 24.4. The fraction of sp³-hybridized carbons (Fsp3) is 0.533. The predicted octanol–water partition coefficient (Wildman–Crippen LogP) is 1.53. The van der Waals surface area contributed by atoms with Gasteiger partial charge >= 0.3 is 0 Å². The summed E-state index contributed by atoms with van der Waals surface area (Å²) in [4.78, 5) is 12.2. The maximum atomic E-state index is 12.2. The van der Waals surface area contributed by atoms with Crippen LogP contribution in [0.15, 0.2) is 18.2 Å². The number of piperidine rings is 1. The highest BCUT2D eigenvalue weighted by Gasteiger charge is 2.22. The molecule has 2 aliphatic rings. The Labute approximate surface area is 118 Å². The van der Waals surface area contributed by atoms with Crippen LogP contribution < -0.4 is 20.1 Å². The maximum absolute atomic E-state index is 12.2. The minimum Gasteiger partial charge on any atom is -0.454 e. The van der Waals surface area contributed by atoms with Crippen molar-refractivity contribution in [1.82, 2.24) is 10.6 Å². The van der Waals surface area contributed by atoms with Gasteiger partial charge in [0.2, 0.25) is 6.79 Å². The summed E-state index contributed by atoms with van der Waals surface area (Å²) in [6.07, 6.45) is 2.44. The van der Waals surface area contributed by atoms with E-state index < -0.39 is 0 Å². The van der Waals surface area contributed by atoms with Crippen LogP contribution in [0.1, 0.15) is 30.1 Å².